The highest BCUT2D eigenvalue weighted by Gasteiger charge is 2.28. The number of hydrogen-bond donors (Lipinski definition) is 2. The molecule has 1 aromatic carbocycles. The molecule has 9 heteroatoms. The van der Waals surface area contributed by atoms with Crippen molar-refractivity contribution in [2.24, 2.45) is 11.0 Å². The number of carbonyl (C=O) groups excluding carboxylic acids is 3. The molecule has 0 unspecified atom stereocenters. The van der Waals surface area contributed by atoms with Crippen molar-refractivity contribution in [1.29, 1.82) is 0 Å². The van der Waals surface area contributed by atoms with Gasteiger partial charge in [0, 0.05) is 11.3 Å². The maximum Gasteiger partial charge on any atom is 0.408 e. The van der Waals surface area contributed by atoms with Crippen LogP contribution in [0.15, 0.2) is 35.4 Å². The lowest BCUT2D eigenvalue weighted by Gasteiger charge is -2.25. The molecule has 0 aliphatic rings. The first-order valence-electron chi connectivity index (χ1n) is 9.44. The minimum atomic E-state index is -0.975. The van der Waals surface area contributed by atoms with Crippen LogP contribution in [0.3, 0.4) is 0 Å². The summed E-state index contributed by atoms with van der Waals surface area (Å²) in [4.78, 5) is 39.7. The number of nitrogens with one attached hydrogen (secondary N) is 2. The van der Waals surface area contributed by atoms with Crippen LogP contribution in [0.2, 0.25) is 0 Å². The monoisotopic (exact) mass is 403 g/mol. The smallest absolute Gasteiger partial charge is 0.408 e. The number of alkyl carbamates (subject to hydrolysis) is 1. The van der Waals surface area contributed by atoms with E-state index in [9.17, 15) is 14.4 Å². The lowest BCUT2D eigenvalue weighted by atomic mass is 10.0. The second-order valence-electron chi connectivity index (χ2n) is 8.11. The SMILES string of the molecule is CC(C)C[C@H](NC(=O)[C@H](Cc1ccccc1)NC(=O)OC(C)(C)C)C(=O)N=[N+]=[N-]. The molecule has 0 bridgehead atoms. The zero-order chi connectivity index (χ0) is 22.0. The topological polar surface area (TPSA) is 133 Å². The second-order valence-corrected chi connectivity index (χ2v) is 8.11. The Hall–Kier alpha value is -3.06. The van der Waals surface area contributed by atoms with Crippen molar-refractivity contribution >= 4 is 17.9 Å². The van der Waals surface area contributed by atoms with E-state index in [1.807, 2.05) is 44.2 Å². The van der Waals surface area contributed by atoms with Crippen molar-refractivity contribution < 1.29 is 19.1 Å². The van der Waals surface area contributed by atoms with Gasteiger partial charge in [-0.1, -0.05) is 44.2 Å². The molecule has 0 saturated carbocycles. The molecule has 29 heavy (non-hydrogen) atoms. The maximum atomic E-state index is 12.9. The number of amides is 3. The molecule has 0 radical (unpaired) electrons. The minimum absolute atomic E-state index is 0.0736. The van der Waals surface area contributed by atoms with Gasteiger partial charge in [-0.3, -0.25) is 9.59 Å². The van der Waals surface area contributed by atoms with Gasteiger partial charge < -0.3 is 15.4 Å². The molecule has 2 atom stereocenters. The Morgan fingerprint density at radius 1 is 1.10 bits per heavy atom. The van der Waals surface area contributed by atoms with E-state index in [1.54, 1.807) is 20.8 Å². The quantitative estimate of drug-likeness (QED) is 0.390. The minimum Gasteiger partial charge on any atom is -0.444 e. The second kappa shape index (κ2) is 11.1. The molecule has 0 spiro atoms. The fourth-order valence-electron chi connectivity index (χ4n) is 2.59. The highest BCUT2D eigenvalue weighted by atomic mass is 16.6. The number of nitrogens with zero attached hydrogens (tertiary/aromatic N) is 3. The first-order valence-corrected chi connectivity index (χ1v) is 9.44. The molecule has 1 aromatic rings. The van der Waals surface area contributed by atoms with E-state index in [0.29, 0.717) is 6.42 Å². The Morgan fingerprint density at radius 3 is 2.24 bits per heavy atom. The fraction of sp³-hybridized carbons (Fsp3) is 0.550. The Kier molecular flexibility index (Phi) is 9.15. The summed E-state index contributed by atoms with van der Waals surface area (Å²) >= 11 is 0. The number of ether oxygens (including phenoxy) is 1. The average molecular weight is 403 g/mol. The third-order valence-corrected chi connectivity index (χ3v) is 3.76. The normalized spacial score (nSPS) is 13.0. The van der Waals surface area contributed by atoms with Crippen LogP contribution in [-0.2, 0) is 20.7 Å². The molecule has 0 aliphatic heterocycles. The number of rotatable bonds is 8. The van der Waals surface area contributed by atoms with E-state index in [-0.39, 0.29) is 12.3 Å². The van der Waals surface area contributed by atoms with Gasteiger partial charge in [-0.05, 0) is 49.3 Å². The van der Waals surface area contributed by atoms with E-state index >= 15 is 0 Å². The molecular formula is C20H29N5O4. The molecule has 0 saturated heterocycles. The van der Waals surface area contributed by atoms with Crippen LogP contribution >= 0.6 is 0 Å². The molecule has 0 aromatic heterocycles. The Balaban J connectivity index is 3.01. The highest BCUT2D eigenvalue weighted by molar-refractivity contribution is 5.91. The van der Waals surface area contributed by atoms with Crippen LogP contribution in [0, 0.1) is 5.92 Å². The van der Waals surface area contributed by atoms with Gasteiger partial charge in [0.25, 0.3) is 0 Å². The first-order chi connectivity index (χ1) is 13.5. The standard InChI is InChI=1S/C20H29N5O4/c1-13(2)11-15(18(27)24-25-21)22-17(26)16(12-14-9-7-6-8-10-14)23-19(28)29-20(3,4)5/h6-10,13,15-16H,11-12H2,1-5H3,(H,22,26)(H,23,28)/t15-,16-/m0/s1. The summed E-state index contributed by atoms with van der Waals surface area (Å²) in [6.07, 6.45) is -0.236. The summed E-state index contributed by atoms with van der Waals surface area (Å²) in [6.45, 7) is 8.91. The summed E-state index contributed by atoms with van der Waals surface area (Å²) < 4.78 is 5.25. The van der Waals surface area contributed by atoms with Gasteiger partial charge in [-0.25, -0.2) is 4.79 Å². The highest BCUT2D eigenvalue weighted by Crippen LogP contribution is 2.11. The van der Waals surface area contributed by atoms with E-state index in [1.165, 1.54) is 0 Å². The summed E-state index contributed by atoms with van der Waals surface area (Å²) in [5.41, 5.74) is 8.63. The van der Waals surface area contributed by atoms with Crippen LogP contribution in [0.4, 0.5) is 4.79 Å². The zero-order valence-electron chi connectivity index (χ0n) is 17.5. The summed E-state index contributed by atoms with van der Waals surface area (Å²) in [5, 5.41) is 8.26. The number of azide groups is 1. The lowest BCUT2D eigenvalue weighted by molar-refractivity contribution is -0.128. The molecular weight excluding hydrogens is 374 g/mol. The Morgan fingerprint density at radius 2 is 1.72 bits per heavy atom. The summed E-state index contributed by atoms with van der Waals surface area (Å²) in [5.74, 6) is -1.26. The van der Waals surface area contributed by atoms with Gasteiger partial charge in [0.15, 0.2) is 0 Å². The molecule has 0 fully saturated rings. The van der Waals surface area contributed by atoms with E-state index in [0.717, 1.165) is 5.56 Å². The van der Waals surface area contributed by atoms with Gasteiger partial charge in [-0.15, -0.1) is 0 Å². The predicted octanol–water partition coefficient (Wildman–Crippen LogP) is 3.49. The van der Waals surface area contributed by atoms with Gasteiger partial charge in [-0.2, -0.15) is 0 Å². The molecule has 0 heterocycles. The number of benzene rings is 1. The van der Waals surface area contributed by atoms with Crippen molar-refractivity contribution in [2.75, 3.05) is 0 Å². The van der Waals surface area contributed by atoms with Crippen LogP contribution in [-0.4, -0.2) is 35.6 Å². The predicted molar refractivity (Wildman–Crippen MR) is 109 cm³/mol. The molecule has 9 nitrogen and oxygen atoms in total. The third kappa shape index (κ3) is 9.62. The zero-order valence-corrected chi connectivity index (χ0v) is 17.5. The van der Waals surface area contributed by atoms with Crippen LogP contribution < -0.4 is 10.6 Å². The first kappa shape index (κ1) is 24.0. The lowest BCUT2D eigenvalue weighted by Crippen LogP contribution is -2.53. The van der Waals surface area contributed by atoms with E-state index in [2.05, 4.69) is 20.7 Å². The van der Waals surface area contributed by atoms with Crippen molar-refractivity contribution in [3.05, 3.63) is 46.3 Å². The van der Waals surface area contributed by atoms with Gasteiger partial charge >= 0.3 is 6.09 Å². The molecule has 158 valence electrons. The maximum absolute atomic E-state index is 12.9. The Labute approximate surface area is 170 Å². The van der Waals surface area contributed by atoms with Crippen LogP contribution in [0.1, 0.15) is 46.6 Å². The summed E-state index contributed by atoms with van der Waals surface area (Å²) in [7, 11) is 0. The van der Waals surface area contributed by atoms with Gasteiger partial charge in [0.05, 0.1) is 6.04 Å². The summed E-state index contributed by atoms with van der Waals surface area (Å²) in [6, 6.07) is 7.20. The van der Waals surface area contributed by atoms with Crippen molar-refractivity contribution in [2.45, 2.75) is 65.1 Å². The van der Waals surface area contributed by atoms with Crippen LogP contribution in [0.5, 0.6) is 0 Å². The third-order valence-electron chi connectivity index (χ3n) is 3.76. The molecule has 2 N–H and O–H groups in total. The fourth-order valence-corrected chi connectivity index (χ4v) is 2.59. The average Bonchev–Trinajstić information content (AvgIpc) is 2.59. The largest absolute Gasteiger partial charge is 0.444 e. The van der Waals surface area contributed by atoms with E-state index < -0.39 is 35.6 Å². The van der Waals surface area contributed by atoms with Crippen LogP contribution in [0.25, 0.3) is 10.4 Å². The van der Waals surface area contributed by atoms with Gasteiger partial charge in [0.2, 0.25) is 11.8 Å². The van der Waals surface area contributed by atoms with Crippen molar-refractivity contribution in [3.63, 3.8) is 0 Å². The molecule has 3 amide bonds. The number of carbonyl (C=O) groups is 3. The number of hydrogen-bond acceptors (Lipinski definition) is 4. The molecule has 0 aliphatic carbocycles. The van der Waals surface area contributed by atoms with Crippen molar-refractivity contribution in [3.8, 4) is 0 Å². The van der Waals surface area contributed by atoms with Gasteiger partial charge in [0.1, 0.15) is 11.6 Å². The van der Waals surface area contributed by atoms with Crippen molar-refractivity contribution in [1.82, 2.24) is 10.6 Å². The Bertz CT molecular complexity index is 752. The molecule has 1 rings (SSSR count). The van der Waals surface area contributed by atoms with E-state index in [4.69, 9.17) is 10.3 Å².